The van der Waals surface area contributed by atoms with Gasteiger partial charge in [-0.05, 0) is 30.3 Å². The molecular formula is C21H12ClN7. The summed E-state index contributed by atoms with van der Waals surface area (Å²) in [5, 5.41) is 18.2. The molecule has 0 aliphatic carbocycles. The second-order valence-corrected chi connectivity index (χ2v) is 6.63. The van der Waals surface area contributed by atoms with Crippen molar-refractivity contribution in [2.24, 2.45) is 0 Å². The summed E-state index contributed by atoms with van der Waals surface area (Å²) in [7, 11) is 0. The molecule has 0 radical (unpaired) electrons. The summed E-state index contributed by atoms with van der Waals surface area (Å²) in [5.41, 5.74) is 2.54. The smallest absolute Gasteiger partial charge is 0.172 e. The number of hydrogen-bond acceptors (Lipinski definition) is 6. The minimum absolute atomic E-state index is 0.201. The first-order valence-corrected chi connectivity index (χ1v) is 9.14. The molecule has 5 aromatic rings. The number of benzene rings is 2. The third kappa shape index (κ3) is 3.02. The monoisotopic (exact) mass is 397 g/mol. The molecule has 0 saturated carbocycles. The lowest BCUT2D eigenvalue weighted by Crippen LogP contribution is -2.07. The number of nitrogens with zero attached hydrogens (tertiary/aromatic N) is 6. The van der Waals surface area contributed by atoms with E-state index in [1.807, 2.05) is 60.7 Å². The lowest BCUT2D eigenvalue weighted by molar-refractivity contribution is 0.859. The Labute approximate surface area is 170 Å². The van der Waals surface area contributed by atoms with E-state index >= 15 is 0 Å². The molecule has 7 nitrogen and oxygen atoms in total. The molecule has 3 heterocycles. The Morgan fingerprint density at radius 3 is 2.38 bits per heavy atom. The highest BCUT2D eigenvalue weighted by Crippen LogP contribution is 2.28. The number of fused-ring (bicyclic) bond motifs is 2. The normalized spacial score (nSPS) is 10.9. The summed E-state index contributed by atoms with van der Waals surface area (Å²) >= 11 is 6.33. The summed E-state index contributed by atoms with van der Waals surface area (Å²) < 4.78 is 1.55. The van der Waals surface area contributed by atoms with Gasteiger partial charge in [-0.2, -0.15) is 15.0 Å². The summed E-state index contributed by atoms with van der Waals surface area (Å²) in [6.07, 6.45) is 1.47. The second-order valence-electron chi connectivity index (χ2n) is 6.27. The van der Waals surface area contributed by atoms with Crippen LogP contribution in [0.3, 0.4) is 0 Å². The fourth-order valence-corrected chi connectivity index (χ4v) is 3.25. The van der Waals surface area contributed by atoms with Crippen LogP contribution in [0.5, 0.6) is 0 Å². The number of hydrogen-bond donors (Lipinski definition) is 1. The molecular weight excluding hydrogens is 386 g/mol. The Bertz CT molecular complexity index is 1420. The van der Waals surface area contributed by atoms with Gasteiger partial charge >= 0.3 is 0 Å². The average molecular weight is 398 g/mol. The van der Waals surface area contributed by atoms with Crippen LogP contribution in [0.4, 0.5) is 11.6 Å². The van der Waals surface area contributed by atoms with Crippen LogP contribution < -0.4 is 5.32 Å². The fraction of sp³-hybridized carbons (Fsp3) is 0. The maximum absolute atomic E-state index is 9.54. The van der Waals surface area contributed by atoms with E-state index in [0.29, 0.717) is 34.1 Å². The molecule has 0 amide bonds. The largest absolute Gasteiger partial charge is 0.321 e. The van der Waals surface area contributed by atoms with Gasteiger partial charge in [0, 0.05) is 5.39 Å². The number of anilines is 2. The van der Waals surface area contributed by atoms with Crippen LogP contribution in [-0.2, 0) is 0 Å². The zero-order valence-electron chi connectivity index (χ0n) is 14.9. The number of aromatic nitrogens is 5. The SMILES string of the molecule is N#Cc1cnn(-c2ccc3ccccc3n2)c1Nc1nc2ccccc2nc1Cl. The lowest BCUT2D eigenvalue weighted by atomic mass is 10.2. The number of nitrogens with one attached hydrogen (secondary N) is 1. The second kappa shape index (κ2) is 6.86. The quantitative estimate of drug-likeness (QED) is 0.477. The number of halogens is 1. The van der Waals surface area contributed by atoms with Crippen molar-refractivity contribution < 1.29 is 0 Å². The van der Waals surface area contributed by atoms with Crippen molar-refractivity contribution in [1.82, 2.24) is 24.7 Å². The molecule has 5 rings (SSSR count). The van der Waals surface area contributed by atoms with Crippen LogP contribution in [0.25, 0.3) is 27.8 Å². The van der Waals surface area contributed by atoms with E-state index in [1.54, 1.807) is 4.68 Å². The third-order valence-corrected chi connectivity index (χ3v) is 4.72. The van der Waals surface area contributed by atoms with Crippen molar-refractivity contribution in [3.05, 3.63) is 77.6 Å². The van der Waals surface area contributed by atoms with Gasteiger partial charge in [-0.1, -0.05) is 41.9 Å². The summed E-state index contributed by atoms with van der Waals surface area (Å²) in [6, 6.07) is 21.1. The van der Waals surface area contributed by atoms with E-state index in [4.69, 9.17) is 11.6 Å². The van der Waals surface area contributed by atoms with Gasteiger partial charge in [-0.3, -0.25) is 0 Å². The van der Waals surface area contributed by atoms with Crippen molar-refractivity contribution in [2.45, 2.75) is 0 Å². The predicted molar refractivity (Wildman–Crippen MR) is 111 cm³/mol. The number of nitriles is 1. The highest BCUT2D eigenvalue weighted by molar-refractivity contribution is 6.32. The first-order chi connectivity index (χ1) is 14.2. The Morgan fingerprint density at radius 2 is 1.59 bits per heavy atom. The Kier molecular flexibility index (Phi) is 4.04. The topological polar surface area (TPSA) is 92.3 Å². The number of para-hydroxylation sites is 3. The molecule has 138 valence electrons. The van der Waals surface area contributed by atoms with E-state index in [1.165, 1.54) is 6.20 Å². The van der Waals surface area contributed by atoms with Crippen molar-refractivity contribution in [1.29, 1.82) is 5.26 Å². The minimum atomic E-state index is 0.201. The Balaban J connectivity index is 1.63. The highest BCUT2D eigenvalue weighted by atomic mass is 35.5. The van der Waals surface area contributed by atoms with Gasteiger partial charge in [0.15, 0.2) is 22.6 Å². The van der Waals surface area contributed by atoms with E-state index in [2.05, 4.69) is 31.4 Å². The van der Waals surface area contributed by atoms with Crippen LogP contribution >= 0.6 is 11.6 Å². The summed E-state index contributed by atoms with van der Waals surface area (Å²) in [6.45, 7) is 0. The lowest BCUT2D eigenvalue weighted by Gasteiger charge is -2.11. The molecule has 0 saturated heterocycles. The molecule has 29 heavy (non-hydrogen) atoms. The van der Waals surface area contributed by atoms with Gasteiger partial charge in [0.05, 0.1) is 22.7 Å². The number of pyridine rings is 1. The van der Waals surface area contributed by atoms with E-state index in [0.717, 1.165) is 10.9 Å². The van der Waals surface area contributed by atoms with Crippen molar-refractivity contribution >= 4 is 45.2 Å². The average Bonchev–Trinajstić information content (AvgIpc) is 3.16. The highest BCUT2D eigenvalue weighted by Gasteiger charge is 2.17. The summed E-state index contributed by atoms with van der Waals surface area (Å²) in [4.78, 5) is 13.6. The first kappa shape index (κ1) is 17.1. The van der Waals surface area contributed by atoms with E-state index in [9.17, 15) is 5.26 Å². The maximum atomic E-state index is 9.54. The first-order valence-electron chi connectivity index (χ1n) is 8.76. The molecule has 3 aromatic heterocycles. The molecule has 1 N–H and O–H groups in total. The van der Waals surface area contributed by atoms with Crippen molar-refractivity contribution in [3.8, 4) is 11.9 Å². The molecule has 0 spiro atoms. The van der Waals surface area contributed by atoms with Gasteiger partial charge < -0.3 is 5.32 Å². The van der Waals surface area contributed by atoms with Crippen LogP contribution in [0, 0.1) is 11.3 Å². The predicted octanol–water partition coefficient (Wildman–Crippen LogP) is 4.63. The van der Waals surface area contributed by atoms with Gasteiger partial charge in [-0.25, -0.2) is 15.0 Å². The van der Waals surface area contributed by atoms with Crippen LogP contribution in [-0.4, -0.2) is 24.7 Å². The zero-order valence-corrected chi connectivity index (χ0v) is 15.7. The van der Waals surface area contributed by atoms with Gasteiger partial charge in [0.25, 0.3) is 0 Å². The Hall–Kier alpha value is -4.02. The molecule has 0 atom stereocenters. The van der Waals surface area contributed by atoms with Crippen molar-refractivity contribution in [3.63, 3.8) is 0 Å². The molecule has 0 unspecified atom stereocenters. The Morgan fingerprint density at radius 1 is 0.862 bits per heavy atom. The van der Waals surface area contributed by atoms with Crippen molar-refractivity contribution in [2.75, 3.05) is 5.32 Å². The molecule has 0 aliphatic heterocycles. The van der Waals surface area contributed by atoms with Gasteiger partial charge in [0.2, 0.25) is 0 Å². The fourth-order valence-electron chi connectivity index (χ4n) is 3.07. The van der Waals surface area contributed by atoms with Crippen LogP contribution in [0.15, 0.2) is 66.9 Å². The van der Waals surface area contributed by atoms with Crippen LogP contribution in [0.2, 0.25) is 5.15 Å². The molecule has 2 aromatic carbocycles. The minimum Gasteiger partial charge on any atom is -0.321 e. The molecule has 0 aliphatic rings. The maximum Gasteiger partial charge on any atom is 0.172 e. The third-order valence-electron chi connectivity index (χ3n) is 4.46. The number of rotatable bonds is 3. The van der Waals surface area contributed by atoms with E-state index < -0.39 is 0 Å². The van der Waals surface area contributed by atoms with Gasteiger partial charge in [0.1, 0.15) is 11.6 Å². The van der Waals surface area contributed by atoms with Crippen LogP contribution in [0.1, 0.15) is 5.56 Å². The molecule has 0 bridgehead atoms. The molecule has 0 fully saturated rings. The van der Waals surface area contributed by atoms with E-state index in [-0.39, 0.29) is 5.15 Å². The summed E-state index contributed by atoms with van der Waals surface area (Å²) in [5.74, 6) is 1.32. The molecule has 8 heteroatoms. The standard InChI is InChI=1S/C21H12ClN7/c22-19-20(27-17-8-4-3-7-16(17)26-19)28-21-14(11-23)12-24-29(21)18-10-9-13-5-1-2-6-15(13)25-18/h1-10,12H,(H,27,28). The van der Waals surface area contributed by atoms with Gasteiger partial charge in [-0.15, -0.1) is 0 Å². The zero-order chi connectivity index (χ0) is 19.8.